The molecule has 0 saturated carbocycles. The lowest BCUT2D eigenvalue weighted by atomic mass is 10.0. The van der Waals surface area contributed by atoms with Gasteiger partial charge in [-0.1, -0.05) is 19.1 Å². The zero-order chi connectivity index (χ0) is 14.8. The molecule has 1 aromatic carbocycles. The fraction of sp³-hybridized carbons (Fsp3) is 0.357. The Kier molecular flexibility index (Phi) is 4.13. The molecule has 0 atom stereocenters. The first-order chi connectivity index (χ1) is 9.41. The summed E-state index contributed by atoms with van der Waals surface area (Å²) in [6, 6.07) is 5.26. The highest BCUT2D eigenvalue weighted by Gasteiger charge is 2.30. The molecule has 0 spiro atoms. The van der Waals surface area contributed by atoms with Crippen LogP contribution in [0.25, 0.3) is 11.3 Å². The SMILES string of the molecule is CCNCc1cn(C)nc1-c1cccc(C(F)(F)F)c1. The number of rotatable bonds is 4. The van der Waals surface area contributed by atoms with Crippen LogP contribution in [0, 0.1) is 0 Å². The zero-order valence-electron chi connectivity index (χ0n) is 11.3. The summed E-state index contributed by atoms with van der Waals surface area (Å²) in [5, 5.41) is 7.42. The molecule has 3 nitrogen and oxygen atoms in total. The van der Waals surface area contributed by atoms with Crippen LogP contribution in [0.1, 0.15) is 18.1 Å². The summed E-state index contributed by atoms with van der Waals surface area (Å²) in [6.07, 6.45) is -2.52. The number of nitrogens with zero attached hydrogens (tertiary/aromatic N) is 2. The number of alkyl halides is 3. The van der Waals surface area contributed by atoms with Gasteiger partial charge in [0.05, 0.1) is 11.3 Å². The highest BCUT2D eigenvalue weighted by Crippen LogP contribution is 2.32. The van der Waals surface area contributed by atoms with E-state index < -0.39 is 11.7 Å². The van der Waals surface area contributed by atoms with E-state index in [-0.39, 0.29) is 0 Å². The molecule has 1 N–H and O–H groups in total. The average Bonchev–Trinajstić information content (AvgIpc) is 2.77. The van der Waals surface area contributed by atoms with Crippen molar-refractivity contribution in [2.75, 3.05) is 6.54 Å². The highest BCUT2D eigenvalue weighted by molar-refractivity contribution is 5.63. The van der Waals surface area contributed by atoms with Crippen molar-refractivity contribution in [3.63, 3.8) is 0 Å². The van der Waals surface area contributed by atoms with Gasteiger partial charge in [-0.05, 0) is 18.7 Å². The van der Waals surface area contributed by atoms with Crippen LogP contribution in [0.2, 0.25) is 0 Å². The maximum absolute atomic E-state index is 12.8. The maximum atomic E-state index is 12.8. The normalized spacial score (nSPS) is 11.8. The predicted octanol–water partition coefficient (Wildman–Crippen LogP) is 3.22. The smallest absolute Gasteiger partial charge is 0.313 e. The van der Waals surface area contributed by atoms with Gasteiger partial charge < -0.3 is 5.32 Å². The van der Waals surface area contributed by atoms with Crippen LogP contribution in [-0.4, -0.2) is 16.3 Å². The van der Waals surface area contributed by atoms with Gasteiger partial charge in [-0.3, -0.25) is 4.68 Å². The van der Waals surface area contributed by atoms with Crippen LogP contribution in [0.3, 0.4) is 0 Å². The molecule has 108 valence electrons. The van der Waals surface area contributed by atoms with Gasteiger partial charge >= 0.3 is 6.18 Å². The largest absolute Gasteiger partial charge is 0.416 e. The van der Waals surface area contributed by atoms with Crippen LogP contribution < -0.4 is 5.32 Å². The Balaban J connectivity index is 2.41. The number of benzene rings is 1. The van der Waals surface area contributed by atoms with E-state index in [0.29, 0.717) is 17.8 Å². The fourth-order valence-corrected chi connectivity index (χ4v) is 2.01. The van der Waals surface area contributed by atoms with Crippen LogP contribution in [-0.2, 0) is 19.8 Å². The van der Waals surface area contributed by atoms with E-state index in [4.69, 9.17) is 0 Å². The Bertz CT molecular complexity index is 588. The molecule has 0 aliphatic rings. The van der Waals surface area contributed by atoms with E-state index in [9.17, 15) is 13.2 Å². The highest BCUT2D eigenvalue weighted by atomic mass is 19.4. The molecule has 0 aliphatic carbocycles. The Morgan fingerprint density at radius 2 is 2.05 bits per heavy atom. The van der Waals surface area contributed by atoms with Crippen LogP contribution in [0.4, 0.5) is 13.2 Å². The van der Waals surface area contributed by atoms with Crippen molar-refractivity contribution >= 4 is 0 Å². The minimum atomic E-state index is -4.34. The lowest BCUT2D eigenvalue weighted by Crippen LogP contribution is -2.12. The molecule has 6 heteroatoms. The van der Waals surface area contributed by atoms with Crippen LogP contribution in [0.5, 0.6) is 0 Å². The summed E-state index contributed by atoms with van der Waals surface area (Å²) < 4.78 is 39.9. The van der Waals surface area contributed by atoms with E-state index in [1.807, 2.05) is 13.1 Å². The third kappa shape index (κ3) is 3.19. The Hall–Kier alpha value is -1.82. The number of halogens is 3. The lowest BCUT2D eigenvalue weighted by molar-refractivity contribution is -0.137. The van der Waals surface area contributed by atoms with Gasteiger partial charge in [0.15, 0.2) is 0 Å². The third-order valence-corrected chi connectivity index (χ3v) is 2.93. The molecule has 2 aromatic rings. The molecular weight excluding hydrogens is 267 g/mol. The number of hydrogen-bond donors (Lipinski definition) is 1. The van der Waals surface area contributed by atoms with Gasteiger partial charge in [-0.2, -0.15) is 18.3 Å². The van der Waals surface area contributed by atoms with Gasteiger partial charge in [0, 0.05) is 30.9 Å². The van der Waals surface area contributed by atoms with Crippen molar-refractivity contribution in [1.82, 2.24) is 15.1 Å². The summed E-state index contributed by atoms with van der Waals surface area (Å²) in [5.74, 6) is 0. The molecule has 0 bridgehead atoms. The summed E-state index contributed by atoms with van der Waals surface area (Å²) in [7, 11) is 1.76. The molecule has 0 unspecified atom stereocenters. The zero-order valence-corrected chi connectivity index (χ0v) is 11.3. The average molecular weight is 283 g/mol. The molecule has 0 fully saturated rings. The minimum Gasteiger partial charge on any atom is -0.313 e. The molecule has 1 heterocycles. The van der Waals surface area contributed by atoms with Crippen molar-refractivity contribution in [2.24, 2.45) is 7.05 Å². The van der Waals surface area contributed by atoms with Gasteiger partial charge in [0.25, 0.3) is 0 Å². The number of aryl methyl sites for hydroxylation is 1. The standard InChI is InChI=1S/C14H16F3N3/c1-3-18-8-11-9-20(2)19-13(11)10-5-4-6-12(7-10)14(15,16)17/h4-7,9,18H,3,8H2,1-2H3. The van der Waals surface area contributed by atoms with E-state index >= 15 is 0 Å². The first kappa shape index (κ1) is 14.6. The van der Waals surface area contributed by atoms with Crippen LogP contribution in [0.15, 0.2) is 30.5 Å². The van der Waals surface area contributed by atoms with E-state index in [1.54, 1.807) is 17.8 Å². The van der Waals surface area contributed by atoms with E-state index in [1.165, 1.54) is 6.07 Å². The molecule has 0 amide bonds. The second-order valence-corrected chi connectivity index (χ2v) is 4.54. The van der Waals surface area contributed by atoms with Crippen molar-refractivity contribution in [3.05, 3.63) is 41.6 Å². The van der Waals surface area contributed by atoms with Gasteiger partial charge in [0.1, 0.15) is 0 Å². The van der Waals surface area contributed by atoms with Crippen molar-refractivity contribution in [2.45, 2.75) is 19.6 Å². The molecule has 2 rings (SSSR count). The summed E-state index contributed by atoms with van der Waals surface area (Å²) in [4.78, 5) is 0. The van der Waals surface area contributed by atoms with Crippen molar-refractivity contribution < 1.29 is 13.2 Å². The molecule has 0 saturated heterocycles. The lowest BCUT2D eigenvalue weighted by Gasteiger charge is -2.08. The van der Waals surface area contributed by atoms with Crippen molar-refractivity contribution in [3.8, 4) is 11.3 Å². The van der Waals surface area contributed by atoms with E-state index in [2.05, 4.69) is 10.4 Å². The molecular formula is C14H16F3N3. The second kappa shape index (κ2) is 5.66. The third-order valence-electron chi connectivity index (χ3n) is 2.93. The predicted molar refractivity (Wildman–Crippen MR) is 71.0 cm³/mol. The maximum Gasteiger partial charge on any atom is 0.416 e. The monoisotopic (exact) mass is 283 g/mol. The molecule has 0 radical (unpaired) electrons. The van der Waals surface area contributed by atoms with Crippen LogP contribution >= 0.6 is 0 Å². The minimum absolute atomic E-state index is 0.480. The van der Waals surface area contributed by atoms with Gasteiger partial charge in [-0.25, -0.2) is 0 Å². The molecule has 20 heavy (non-hydrogen) atoms. The van der Waals surface area contributed by atoms with E-state index in [0.717, 1.165) is 24.2 Å². The van der Waals surface area contributed by atoms with Gasteiger partial charge in [-0.15, -0.1) is 0 Å². The first-order valence-electron chi connectivity index (χ1n) is 6.32. The number of hydrogen-bond acceptors (Lipinski definition) is 2. The summed E-state index contributed by atoms with van der Waals surface area (Å²) >= 11 is 0. The summed E-state index contributed by atoms with van der Waals surface area (Å²) in [6.45, 7) is 3.34. The number of aromatic nitrogens is 2. The quantitative estimate of drug-likeness (QED) is 0.933. The Labute approximate surface area is 115 Å². The molecule has 1 aromatic heterocycles. The van der Waals surface area contributed by atoms with Crippen molar-refractivity contribution in [1.29, 1.82) is 0 Å². The fourth-order valence-electron chi connectivity index (χ4n) is 2.01. The topological polar surface area (TPSA) is 29.9 Å². The molecule has 0 aliphatic heterocycles. The second-order valence-electron chi connectivity index (χ2n) is 4.54. The Morgan fingerprint density at radius 1 is 1.30 bits per heavy atom. The van der Waals surface area contributed by atoms with Gasteiger partial charge in [0.2, 0.25) is 0 Å². The Morgan fingerprint density at radius 3 is 2.70 bits per heavy atom. The first-order valence-corrected chi connectivity index (χ1v) is 6.32. The number of nitrogens with one attached hydrogen (secondary N) is 1. The summed E-state index contributed by atoms with van der Waals surface area (Å²) in [5.41, 5.74) is 1.29.